The van der Waals surface area contributed by atoms with Crippen LogP contribution in [-0.2, 0) is 22.4 Å². The molecule has 0 aromatic heterocycles. The summed E-state index contributed by atoms with van der Waals surface area (Å²) in [5.74, 6) is 0.602. The van der Waals surface area contributed by atoms with E-state index in [0.717, 1.165) is 6.29 Å². The van der Waals surface area contributed by atoms with E-state index in [2.05, 4.69) is 6.07 Å². The maximum absolute atomic E-state index is 10.4. The Morgan fingerprint density at radius 1 is 1.50 bits per heavy atom. The van der Waals surface area contributed by atoms with Crippen LogP contribution >= 0.6 is 0 Å². The van der Waals surface area contributed by atoms with Crippen LogP contribution in [0.2, 0.25) is 0 Å². The summed E-state index contributed by atoms with van der Waals surface area (Å²) in [4.78, 5) is 10.4. The van der Waals surface area contributed by atoms with Gasteiger partial charge in [-0.05, 0) is 6.92 Å². The summed E-state index contributed by atoms with van der Waals surface area (Å²) in [6, 6.07) is 7.86. The number of rotatable bonds is 3. The molecule has 2 nitrogen and oxygen atoms in total. The van der Waals surface area contributed by atoms with Crippen LogP contribution in [0.4, 0.5) is 0 Å². The zero-order valence-corrected chi connectivity index (χ0v) is 10.8. The van der Waals surface area contributed by atoms with Crippen LogP contribution in [0, 0.1) is 20.9 Å². The molecule has 3 heteroatoms. The molecule has 0 radical (unpaired) electrons. The van der Waals surface area contributed by atoms with Crippen LogP contribution in [0.3, 0.4) is 0 Å². The van der Waals surface area contributed by atoms with Gasteiger partial charge in [0.25, 0.3) is 0 Å². The van der Waals surface area contributed by atoms with Gasteiger partial charge < -0.3 is 24.4 Å². The van der Waals surface area contributed by atoms with Crippen LogP contribution in [0.1, 0.15) is 17.3 Å². The Kier molecular flexibility index (Phi) is 14.3. The zero-order valence-electron chi connectivity index (χ0n) is 8.63. The molecule has 0 saturated carbocycles. The number of carbonyl (C=O) groups excluding carboxylic acids is 1. The molecule has 0 saturated heterocycles. The molecule has 14 heavy (non-hydrogen) atoms. The van der Waals surface area contributed by atoms with E-state index in [1.807, 2.05) is 6.92 Å². The zero-order chi connectivity index (χ0) is 8.10. The summed E-state index contributed by atoms with van der Waals surface area (Å²) >= 11 is 0. The second-order valence-electron chi connectivity index (χ2n) is 2.01. The molecule has 82 valence electrons. The van der Waals surface area contributed by atoms with Crippen molar-refractivity contribution in [3.8, 4) is 5.75 Å². The number of aldehydes is 1. The van der Waals surface area contributed by atoms with Gasteiger partial charge in [0.2, 0.25) is 0 Å². The fraction of sp³-hybridized carbons (Fsp3) is 0.182. The molecule has 0 amide bonds. The van der Waals surface area contributed by atoms with Gasteiger partial charge in [-0.2, -0.15) is 18.2 Å². The minimum Gasteiger partial charge on any atom is -0.551 e. The molecular weight excluding hydrogens is 361 g/mol. The van der Waals surface area contributed by atoms with E-state index in [0.29, 0.717) is 17.9 Å². The average molecular weight is 376 g/mol. The summed E-state index contributed by atoms with van der Waals surface area (Å²) in [6.45, 7) is 2.44. The summed E-state index contributed by atoms with van der Waals surface area (Å²) in [5, 5.41) is 0. The van der Waals surface area contributed by atoms with Crippen molar-refractivity contribution in [1.82, 2.24) is 0 Å². The summed E-state index contributed by atoms with van der Waals surface area (Å²) < 4.78 is 5.17. The van der Waals surface area contributed by atoms with Gasteiger partial charge in [-0.1, -0.05) is 5.56 Å². The number of benzene rings is 1. The third-order valence-corrected chi connectivity index (χ3v) is 1.28. The van der Waals surface area contributed by atoms with Gasteiger partial charge in [0.1, 0.15) is 6.29 Å². The molecule has 0 atom stereocenters. The second-order valence-corrected chi connectivity index (χ2v) is 2.01. The summed E-state index contributed by atoms with van der Waals surface area (Å²) in [7, 11) is 0. The second kappa shape index (κ2) is 10.5. The maximum Gasteiger partial charge on any atom is 3.00 e. The van der Waals surface area contributed by atoms with Gasteiger partial charge >= 0.3 is 22.4 Å². The molecule has 0 aliphatic rings. The monoisotopic (exact) mass is 376 g/mol. The Balaban J connectivity index is -0.000000403. The normalized spacial score (nSPS) is 7.21. The molecule has 0 aliphatic carbocycles. The van der Waals surface area contributed by atoms with Crippen molar-refractivity contribution in [2.45, 2.75) is 6.92 Å². The van der Waals surface area contributed by atoms with Gasteiger partial charge in [-0.3, -0.25) is 0 Å². The van der Waals surface area contributed by atoms with Gasteiger partial charge in [0, 0.05) is 5.75 Å². The van der Waals surface area contributed by atoms with Gasteiger partial charge in [0.05, 0.1) is 6.61 Å². The fourth-order valence-corrected chi connectivity index (χ4v) is 0.805. The summed E-state index contributed by atoms with van der Waals surface area (Å²) in [6.07, 6.45) is 0.777. The molecule has 0 aliphatic heterocycles. The minimum atomic E-state index is 0. The van der Waals surface area contributed by atoms with Crippen molar-refractivity contribution >= 4 is 6.29 Å². The predicted molar refractivity (Wildman–Crippen MR) is 54.7 cm³/mol. The molecule has 0 fully saturated rings. The van der Waals surface area contributed by atoms with Crippen molar-refractivity contribution in [1.29, 1.82) is 0 Å². The Morgan fingerprint density at radius 2 is 2.14 bits per heavy atom. The van der Waals surface area contributed by atoms with E-state index in [1.165, 1.54) is 0 Å². The largest absolute Gasteiger partial charge is 3.00 e. The van der Waals surface area contributed by atoms with Crippen LogP contribution < -0.4 is 4.74 Å². The third kappa shape index (κ3) is 5.22. The molecule has 0 unspecified atom stereocenters. The van der Waals surface area contributed by atoms with Crippen LogP contribution in [0.25, 0.3) is 0 Å². The van der Waals surface area contributed by atoms with Crippen molar-refractivity contribution in [3.63, 3.8) is 0 Å². The molecular formula is C11H15AuO2. The van der Waals surface area contributed by atoms with E-state index < -0.39 is 0 Å². The topological polar surface area (TPSA) is 26.3 Å². The summed E-state index contributed by atoms with van der Waals surface area (Å²) in [5.41, 5.74) is 0.575. The minimum absolute atomic E-state index is 0. The van der Waals surface area contributed by atoms with E-state index in [4.69, 9.17) is 4.74 Å². The first-order valence-corrected chi connectivity index (χ1v) is 3.46. The van der Waals surface area contributed by atoms with Gasteiger partial charge in [0.15, 0.2) is 0 Å². The van der Waals surface area contributed by atoms with Crippen LogP contribution in [-0.4, -0.2) is 12.9 Å². The first-order valence-electron chi connectivity index (χ1n) is 3.46. The molecule has 0 N–H and O–H groups in total. The Morgan fingerprint density at radius 3 is 2.64 bits per heavy atom. The first-order chi connectivity index (χ1) is 5.38. The number of hydrogen-bond acceptors (Lipinski definition) is 2. The SMILES string of the molecule is CCOc1c[c-]ccc1C=O.[Au+3].[CH3-].[CH3-]. The first kappa shape index (κ1) is 19.1. The number of ether oxygens (including phenoxy) is 1. The molecule has 0 spiro atoms. The van der Waals surface area contributed by atoms with Crippen molar-refractivity contribution in [2.75, 3.05) is 6.61 Å². The third-order valence-electron chi connectivity index (χ3n) is 1.28. The smallest absolute Gasteiger partial charge is 0.551 e. The Labute approximate surface area is 102 Å². The molecule has 1 aromatic carbocycles. The van der Waals surface area contributed by atoms with Crippen molar-refractivity contribution in [3.05, 3.63) is 44.7 Å². The predicted octanol–water partition coefficient (Wildman–Crippen LogP) is 2.60. The Hall–Kier alpha value is -0.570. The molecule has 0 heterocycles. The van der Waals surface area contributed by atoms with Crippen LogP contribution in [0.5, 0.6) is 5.75 Å². The molecule has 1 aromatic rings. The molecule has 0 bridgehead atoms. The number of carbonyl (C=O) groups is 1. The quantitative estimate of drug-likeness (QED) is 0.461. The van der Waals surface area contributed by atoms with Gasteiger partial charge in [-0.15, -0.1) is 6.07 Å². The van der Waals surface area contributed by atoms with E-state index in [1.54, 1.807) is 18.2 Å². The van der Waals surface area contributed by atoms with E-state index >= 15 is 0 Å². The fourth-order valence-electron chi connectivity index (χ4n) is 0.805. The molecule has 1 rings (SSSR count). The number of hydrogen-bond donors (Lipinski definition) is 0. The standard InChI is InChI=1S/C9H9O2.2CH3.Au/c1-2-11-9-6-4-3-5-8(9)7-10;;;/h3,5-7H,2H2,1H3;2*1H3;/q3*-1;+3. The van der Waals surface area contributed by atoms with Gasteiger partial charge in [-0.25, -0.2) is 0 Å². The van der Waals surface area contributed by atoms with E-state index in [-0.39, 0.29) is 37.2 Å². The maximum atomic E-state index is 10.4. The van der Waals surface area contributed by atoms with Crippen molar-refractivity contribution < 1.29 is 31.9 Å². The Bertz CT molecular complexity index is 249. The van der Waals surface area contributed by atoms with Crippen LogP contribution in [0.15, 0.2) is 18.2 Å². The van der Waals surface area contributed by atoms with Crippen molar-refractivity contribution in [2.24, 2.45) is 0 Å². The average Bonchev–Trinajstić information content (AvgIpc) is 2.06. The van der Waals surface area contributed by atoms with E-state index in [9.17, 15) is 4.79 Å².